The minimum Gasteiger partial charge on any atom is -0.508 e. The smallest absolute Gasteiger partial charge is 0.193 e. The van der Waals surface area contributed by atoms with Gasteiger partial charge in [-0.05, 0) is 55.2 Å². The predicted molar refractivity (Wildman–Crippen MR) is 83.2 cm³/mol. The standard InChI is InChI=1S/C18H14O4/c19-12-5-3-10(4-6-12)16-9-15(21)13-7-8-14(20)17(11-1-2-11)18(13)22-16/h3-9,11,19-20H,1-2H2. The molecule has 0 bridgehead atoms. The molecule has 0 radical (unpaired) electrons. The second kappa shape index (κ2) is 4.63. The lowest BCUT2D eigenvalue weighted by atomic mass is 10.0. The molecule has 22 heavy (non-hydrogen) atoms. The van der Waals surface area contributed by atoms with Crippen LogP contribution in [0.2, 0.25) is 0 Å². The third-order valence-corrected chi connectivity index (χ3v) is 4.05. The molecule has 0 amide bonds. The van der Waals surface area contributed by atoms with Crippen LogP contribution in [0.4, 0.5) is 0 Å². The Kier molecular flexibility index (Phi) is 2.73. The minimum atomic E-state index is -0.133. The van der Waals surface area contributed by atoms with Gasteiger partial charge in [0.1, 0.15) is 22.8 Å². The fourth-order valence-electron chi connectivity index (χ4n) is 2.76. The van der Waals surface area contributed by atoms with E-state index in [0.29, 0.717) is 22.3 Å². The zero-order valence-electron chi connectivity index (χ0n) is 11.7. The summed E-state index contributed by atoms with van der Waals surface area (Å²) in [5.41, 5.74) is 1.78. The molecule has 1 fully saturated rings. The van der Waals surface area contributed by atoms with Gasteiger partial charge in [0.25, 0.3) is 0 Å². The monoisotopic (exact) mass is 294 g/mol. The van der Waals surface area contributed by atoms with Gasteiger partial charge in [-0.25, -0.2) is 0 Å². The second-order valence-electron chi connectivity index (χ2n) is 5.67. The van der Waals surface area contributed by atoms with Gasteiger partial charge in [0.05, 0.1) is 5.39 Å². The van der Waals surface area contributed by atoms with Gasteiger partial charge in [-0.3, -0.25) is 4.79 Å². The highest BCUT2D eigenvalue weighted by Gasteiger charge is 2.30. The summed E-state index contributed by atoms with van der Waals surface area (Å²) in [4.78, 5) is 12.4. The van der Waals surface area contributed by atoms with Crippen LogP contribution in [-0.4, -0.2) is 10.2 Å². The van der Waals surface area contributed by atoms with Gasteiger partial charge in [0.15, 0.2) is 5.43 Å². The Morgan fingerprint density at radius 2 is 1.73 bits per heavy atom. The molecule has 1 aliphatic carbocycles. The molecule has 0 atom stereocenters. The van der Waals surface area contributed by atoms with Crippen molar-refractivity contribution in [3.05, 3.63) is 58.3 Å². The van der Waals surface area contributed by atoms with Crippen molar-refractivity contribution in [3.8, 4) is 22.8 Å². The first-order valence-electron chi connectivity index (χ1n) is 7.22. The topological polar surface area (TPSA) is 70.7 Å². The number of aromatic hydroxyl groups is 2. The molecule has 1 aromatic heterocycles. The maximum Gasteiger partial charge on any atom is 0.193 e. The maximum atomic E-state index is 12.4. The largest absolute Gasteiger partial charge is 0.508 e. The molecule has 0 aliphatic heterocycles. The molecule has 3 aromatic rings. The van der Waals surface area contributed by atoms with E-state index in [4.69, 9.17) is 4.42 Å². The third kappa shape index (κ3) is 2.04. The zero-order chi connectivity index (χ0) is 15.3. The van der Waals surface area contributed by atoms with Gasteiger partial charge >= 0.3 is 0 Å². The summed E-state index contributed by atoms with van der Waals surface area (Å²) in [5, 5.41) is 20.0. The predicted octanol–water partition coefficient (Wildman–Crippen LogP) is 3.75. The molecule has 1 aliphatic rings. The van der Waals surface area contributed by atoms with Crippen LogP contribution >= 0.6 is 0 Å². The molecular formula is C18H14O4. The number of fused-ring (bicyclic) bond motifs is 1. The average Bonchev–Trinajstić information content (AvgIpc) is 3.32. The second-order valence-corrected chi connectivity index (χ2v) is 5.67. The molecule has 0 saturated heterocycles. The molecule has 4 nitrogen and oxygen atoms in total. The van der Waals surface area contributed by atoms with E-state index in [1.165, 1.54) is 6.07 Å². The Labute approximate surface area is 126 Å². The molecule has 4 rings (SSSR count). The molecule has 4 heteroatoms. The van der Waals surface area contributed by atoms with Crippen LogP contribution in [-0.2, 0) is 0 Å². The van der Waals surface area contributed by atoms with Gasteiger partial charge in [-0.1, -0.05) is 0 Å². The fourth-order valence-corrected chi connectivity index (χ4v) is 2.76. The first kappa shape index (κ1) is 13.0. The Morgan fingerprint density at radius 1 is 1.00 bits per heavy atom. The summed E-state index contributed by atoms with van der Waals surface area (Å²) >= 11 is 0. The summed E-state index contributed by atoms with van der Waals surface area (Å²) in [6, 6.07) is 11.1. The highest BCUT2D eigenvalue weighted by molar-refractivity contribution is 5.84. The van der Waals surface area contributed by atoms with E-state index >= 15 is 0 Å². The van der Waals surface area contributed by atoms with E-state index in [0.717, 1.165) is 18.4 Å². The van der Waals surface area contributed by atoms with E-state index in [-0.39, 0.29) is 22.8 Å². The Hall–Kier alpha value is -2.75. The van der Waals surface area contributed by atoms with E-state index in [2.05, 4.69) is 0 Å². The SMILES string of the molecule is O=c1cc(-c2ccc(O)cc2)oc2c(C3CC3)c(O)ccc12. The molecule has 2 N–H and O–H groups in total. The number of benzene rings is 2. The van der Waals surface area contributed by atoms with Crippen molar-refractivity contribution >= 4 is 11.0 Å². The van der Waals surface area contributed by atoms with Crippen molar-refractivity contribution in [1.82, 2.24) is 0 Å². The van der Waals surface area contributed by atoms with Crippen molar-refractivity contribution in [2.75, 3.05) is 0 Å². The van der Waals surface area contributed by atoms with E-state index < -0.39 is 0 Å². The Balaban J connectivity index is 2.00. The van der Waals surface area contributed by atoms with Crippen molar-refractivity contribution in [3.63, 3.8) is 0 Å². The van der Waals surface area contributed by atoms with Crippen LogP contribution in [0.3, 0.4) is 0 Å². The number of rotatable bonds is 2. The normalized spacial score (nSPS) is 14.4. The molecule has 2 aromatic carbocycles. The fraction of sp³-hybridized carbons (Fsp3) is 0.167. The van der Waals surface area contributed by atoms with Crippen molar-refractivity contribution in [2.45, 2.75) is 18.8 Å². The van der Waals surface area contributed by atoms with Crippen molar-refractivity contribution in [2.24, 2.45) is 0 Å². The van der Waals surface area contributed by atoms with Crippen LogP contribution in [0.15, 0.2) is 51.7 Å². The highest BCUT2D eigenvalue weighted by atomic mass is 16.3. The molecule has 110 valence electrons. The summed E-state index contributed by atoms with van der Waals surface area (Å²) in [6.07, 6.45) is 2.00. The van der Waals surface area contributed by atoms with E-state index in [9.17, 15) is 15.0 Å². The molecule has 1 saturated carbocycles. The number of phenols is 2. The maximum absolute atomic E-state index is 12.4. The number of hydrogen-bond acceptors (Lipinski definition) is 4. The van der Waals surface area contributed by atoms with Crippen molar-refractivity contribution < 1.29 is 14.6 Å². The van der Waals surface area contributed by atoms with Crippen LogP contribution < -0.4 is 5.43 Å². The lowest BCUT2D eigenvalue weighted by molar-refractivity contribution is 0.467. The third-order valence-electron chi connectivity index (χ3n) is 4.05. The summed E-state index contributed by atoms with van der Waals surface area (Å²) in [6.45, 7) is 0. The van der Waals surface area contributed by atoms with Gasteiger partial charge in [-0.15, -0.1) is 0 Å². The lowest BCUT2D eigenvalue weighted by Crippen LogP contribution is -2.02. The van der Waals surface area contributed by atoms with Crippen LogP contribution in [0, 0.1) is 0 Å². The van der Waals surface area contributed by atoms with Crippen LogP contribution in [0.25, 0.3) is 22.3 Å². The first-order valence-corrected chi connectivity index (χ1v) is 7.22. The van der Waals surface area contributed by atoms with Gasteiger partial charge in [-0.2, -0.15) is 0 Å². The Morgan fingerprint density at radius 3 is 2.41 bits per heavy atom. The number of hydrogen-bond donors (Lipinski definition) is 2. The first-order chi connectivity index (χ1) is 10.6. The summed E-state index contributed by atoms with van der Waals surface area (Å²) in [5.74, 6) is 1.04. The minimum absolute atomic E-state index is 0.133. The summed E-state index contributed by atoms with van der Waals surface area (Å²) < 4.78 is 5.94. The van der Waals surface area contributed by atoms with Crippen molar-refractivity contribution in [1.29, 1.82) is 0 Å². The van der Waals surface area contributed by atoms with Gasteiger partial charge in [0.2, 0.25) is 0 Å². The Bertz CT molecular complexity index is 918. The number of phenolic OH excluding ortho intramolecular Hbond substituents is 2. The van der Waals surface area contributed by atoms with E-state index in [1.807, 2.05) is 0 Å². The highest BCUT2D eigenvalue weighted by Crippen LogP contribution is 2.47. The quantitative estimate of drug-likeness (QED) is 0.755. The zero-order valence-corrected chi connectivity index (χ0v) is 11.7. The lowest BCUT2D eigenvalue weighted by Gasteiger charge is -2.09. The van der Waals surface area contributed by atoms with Gasteiger partial charge < -0.3 is 14.6 Å². The van der Waals surface area contributed by atoms with E-state index in [1.54, 1.807) is 36.4 Å². The summed E-state index contributed by atoms with van der Waals surface area (Å²) in [7, 11) is 0. The average molecular weight is 294 g/mol. The molecule has 1 heterocycles. The van der Waals surface area contributed by atoms with Crippen LogP contribution in [0.1, 0.15) is 24.3 Å². The van der Waals surface area contributed by atoms with Crippen LogP contribution in [0.5, 0.6) is 11.5 Å². The molecule has 0 unspecified atom stereocenters. The van der Waals surface area contributed by atoms with Gasteiger partial charge in [0, 0.05) is 17.2 Å². The molecule has 0 spiro atoms. The molecular weight excluding hydrogens is 280 g/mol.